The van der Waals surface area contributed by atoms with E-state index in [1.54, 1.807) is 37.5 Å². The number of halogens is 2. The minimum absolute atomic E-state index is 0.206. The van der Waals surface area contributed by atoms with Crippen LogP contribution < -0.4 is 5.32 Å². The third kappa shape index (κ3) is 5.12. The van der Waals surface area contributed by atoms with Gasteiger partial charge >= 0.3 is 0 Å². The number of carbonyl (C=O) groups is 1. The molecule has 2 heterocycles. The largest absolute Gasteiger partial charge is 0.461 e. The lowest BCUT2D eigenvalue weighted by Crippen LogP contribution is -2.23. The number of hydrogen-bond donors (Lipinski definition) is 1. The lowest BCUT2D eigenvalue weighted by molar-refractivity contribution is -0.115. The minimum Gasteiger partial charge on any atom is -0.461 e. The molecule has 1 unspecified atom stereocenters. The predicted molar refractivity (Wildman–Crippen MR) is 124 cm³/mol. The van der Waals surface area contributed by atoms with E-state index in [9.17, 15) is 4.79 Å². The number of aromatic nitrogens is 3. The lowest BCUT2D eigenvalue weighted by Gasteiger charge is -2.14. The predicted octanol–water partition coefficient (Wildman–Crippen LogP) is 6.01. The highest BCUT2D eigenvalue weighted by atomic mass is 35.5. The highest BCUT2D eigenvalue weighted by Crippen LogP contribution is 2.30. The molecule has 1 N–H and O–H groups in total. The van der Waals surface area contributed by atoms with Crippen molar-refractivity contribution in [2.45, 2.75) is 23.9 Å². The number of amides is 1. The van der Waals surface area contributed by atoms with Crippen LogP contribution in [0.15, 0.2) is 76.5 Å². The molecule has 1 amide bonds. The summed E-state index contributed by atoms with van der Waals surface area (Å²) >= 11 is 13.4. The van der Waals surface area contributed by atoms with E-state index in [0.717, 1.165) is 5.56 Å². The van der Waals surface area contributed by atoms with E-state index >= 15 is 0 Å². The summed E-state index contributed by atoms with van der Waals surface area (Å²) in [6.07, 6.45) is 1.59. The van der Waals surface area contributed by atoms with Gasteiger partial charge in [0.15, 0.2) is 10.9 Å². The van der Waals surface area contributed by atoms with Crippen molar-refractivity contribution in [2.24, 2.45) is 0 Å². The zero-order valence-electron chi connectivity index (χ0n) is 16.5. The summed E-state index contributed by atoms with van der Waals surface area (Å²) in [5.74, 6) is 1.01. The first-order chi connectivity index (χ1) is 15.0. The van der Waals surface area contributed by atoms with Crippen LogP contribution in [0.2, 0.25) is 10.0 Å². The number of rotatable bonds is 7. The molecule has 0 saturated carbocycles. The van der Waals surface area contributed by atoms with Gasteiger partial charge in [-0.05, 0) is 42.8 Å². The van der Waals surface area contributed by atoms with Gasteiger partial charge < -0.3 is 9.73 Å². The van der Waals surface area contributed by atoms with E-state index in [1.807, 2.05) is 41.0 Å². The number of thioether (sulfide) groups is 1. The highest BCUT2D eigenvalue weighted by Gasteiger charge is 2.22. The van der Waals surface area contributed by atoms with Gasteiger partial charge in [-0.2, -0.15) is 0 Å². The van der Waals surface area contributed by atoms with Crippen LogP contribution in [0.5, 0.6) is 0 Å². The first-order valence-corrected chi connectivity index (χ1v) is 11.1. The van der Waals surface area contributed by atoms with Crippen LogP contribution in [-0.2, 0) is 11.3 Å². The smallest absolute Gasteiger partial charge is 0.237 e. The Morgan fingerprint density at radius 2 is 1.94 bits per heavy atom. The first-order valence-electron chi connectivity index (χ1n) is 9.45. The number of nitrogens with one attached hydrogen (secondary N) is 1. The number of carbonyl (C=O) groups excluding carboxylic acids is 1. The fourth-order valence-electron chi connectivity index (χ4n) is 2.91. The Morgan fingerprint density at radius 3 is 2.65 bits per heavy atom. The van der Waals surface area contributed by atoms with Crippen molar-refractivity contribution in [1.82, 2.24) is 14.8 Å². The number of furan rings is 1. The minimum atomic E-state index is -0.449. The fraction of sp³-hybridized carbons (Fsp3) is 0.136. The third-order valence-corrected chi connectivity index (χ3v) is 6.11. The Morgan fingerprint density at radius 1 is 1.13 bits per heavy atom. The van der Waals surface area contributed by atoms with Crippen LogP contribution >= 0.6 is 35.0 Å². The van der Waals surface area contributed by atoms with Crippen LogP contribution in [0, 0.1) is 0 Å². The summed E-state index contributed by atoms with van der Waals surface area (Å²) in [6, 6.07) is 18.5. The molecule has 2 aromatic heterocycles. The number of hydrogen-bond acceptors (Lipinski definition) is 5. The Bertz CT molecular complexity index is 1180. The second-order valence-electron chi connectivity index (χ2n) is 6.73. The molecule has 0 saturated heterocycles. The van der Waals surface area contributed by atoms with E-state index in [-0.39, 0.29) is 5.91 Å². The molecule has 4 rings (SSSR count). The number of nitrogens with zero attached hydrogens (tertiary/aromatic N) is 3. The fourth-order valence-corrected chi connectivity index (χ4v) is 4.21. The molecule has 4 aromatic rings. The summed E-state index contributed by atoms with van der Waals surface area (Å²) in [7, 11) is 0. The van der Waals surface area contributed by atoms with Crippen molar-refractivity contribution in [3.8, 4) is 11.6 Å². The summed E-state index contributed by atoms with van der Waals surface area (Å²) in [5.41, 5.74) is 1.59. The van der Waals surface area contributed by atoms with Gasteiger partial charge in [0.05, 0.1) is 28.8 Å². The molecule has 2 aromatic carbocycles. The lowest BCUT2D eigenvalue weighted by atomic mass is 10.2. The van der Waals surface area contributed by atoms with Crippen molar-refractivity contribution < 1.29 is 9.21 Å². The van der Waals surface area contributed by atoms with Crippen LogP contribution in [0.25, 0.3) is 11.6 Å². The normalized spacial score (nSPS) is 12.0. The average molecular weight is 473 g/mol. The van der Waals surface area contributed by atoms with Gasteiger partial charge in [0.1, 0.15) is 0 Å². The molecular formula is C22H18Cl2N4O2S. The summed E-state index contributed by atoms with van der Waals surface area (Å²) in [6.45, 7) is 2.35. The van der Waals surface area contributed by atoms with Crippen LogP contribution in [-0.4, -0.2) is 25.9 Å². The summed E-state index contributed by atoms with van der Waals surface area (Å²) < 4.78 is 7.47. The maximum atomic E-state index is 12.8. The maximum Gasteiger partial charge on any atom is 0.237 e. The monoisotopic (exact) mass is 472 g/mol. The van der Waals surface area contributed by atoms with Crippen LogP contribution in [0.1, 0.15) is 12.5 Å². The molecule has 1 atom stereocenters. The Hall–Kier alpha value is -2.74. The molecule has 0 radical (unpaired) electrons. The van der Waals surface area contributed by atoms with E-state index in [4.69, 9.17) is 27.6 Å². The summed E-state index contributed by atoms with van der Waals surface area (Å²) in [5, 5.41) is 12.5. The number of benzene rings is 2. The second kappa shape index (κ2) is 9.60. The van der Waals surface area contributed by atoms with Gasteiger partial charge in [0.25, 0.3) is 0 Å². The standard InChI is InChI=1S/C22H18Cl2N4O2S/c1-14(21(29)25-18-10-9-16(23)12-17(18)24)31-22-27-26-20(19-8-5-11-30-19)28(22)13-15-6-3-2-4-7-15/h2-12,14H,13H2,1H3,(H,25,29). The van der Waals surface area contributed by atoms with Crippen molar-refractivity contribution in [1.29, 1.82) is 0 Å². The molecule has 0 fully saturated rings. The maximum absolute atomic E-state index is 12.8. The molecule has 9 heteroatoms. The molecule has 0 spiro atoms. The molecule has 158 valence electrons. The topological polar surface area (TPSA) is 73.0 Å². The van der Waals surface area contributed by atoms with E-state index in [0.29, 0.717) is 39.0 Å². The van der Waals surface area contributed by atoms with E-state index in [1.165, 1.54) is 11.8 Å². The van der Waals surface area contributed by atoms with E-state index in [2.05, 4.69) is 15.5 Å². The average Bonchev–Trinajstić information content (AvgIpc) is 3.41. The zero-order valence-corrected chi connectivity index (χ0v) is 18.8. The molecule has 0 aliphatic carbocycles. The molecule has 0 aliphatic heterocycles. The van der Waals surface area contributed by atoms with Crippen molar-refractivity contribution in [2.75, 3.05) is 5.32 Å². The quantitative estimate of drug-likeness (QED) is 0.333. The Balaban J connectivity index is 1.56. The van der Waals surface area contributed by atoms with E-state index < -0.39 is 5.25 Å². The SMILES string of the molecule is CC(Sc1nnc(-c2ccco2)n1Cc1ccccc1)C(=O)Nc1ccc(Cl)cc1Cl. The highest BCUT2D eigenvalue weighted by molar-refractivity contribution is 8.00. The molecule has 0 aliphatic rings. The van der Waals surface area contributed by atoms with Crippen molar-refractivity contribution >= 4 is 46.6 Å². The van der Waals surface area contributed by atoms with Gasteiger partial charge in [-0.25, -0.2) is 0 Å². The van der Waals surface area contributed by atoms with Gasteiger partial charge in [0.2, 0.25) is 11.7 Å². The van der Waals surface area contributed by atoms with Crippen LogP contribution in [0.3, 0.4) is 0 Å². The first kappa shape index (κ1) is 21.5. The van der Waals surface area contributed by atoms with Gasteiger partial charge in [-0.3, -0.25) is 9.36 Å². The number of anilines is 1. The Kier molecular flexibility index (Phi) is 6.65. The van der Waals surface area contributed by atoms with Gasteiger partial charge in [-0.15, -0.1) is 10.2 Å². The third-order valence-electron chi connectivity index (χ3n) is 4.48. The van der Waals surface area contributed by atoms with Gasteiger partial charge in [-0.1, -0.05) is 65.3 Å². The Labute approximate surface area is 193 Å². The van der Waals surface area contributed by atoms with Crippen molar-refractivity contribution in [3.05, 3.63) is 82.5 Å². The van der Waals surface area contributed by atoms with Gasteiger partial charge in [0, 0.05) is 5.02 Å². The summed E-state index contributed by atoms with van der Waals surface area (Å²) in [4.78, 5) is 12.8. The zero-order chi connectivity index (χ0) is 21.8. The van der Waals surface area contributed by atoms with Crippen molar-refractivity contribution in [3.63, 3.8) is 0 Å². The molecule has 0 bridgehead atoms. The molecular weight excluding hydrogens is 455 g/mol. The molecule has 6 nitrogen and oxygen atoms in total. The molecule has 31 heavy (non-hydrogen) atoms. The second-order valence-corrected chi connectivity index (χ2v) is 8.88. The van der Waals surface area contributed by atoms with Crippen LogP contribution in [0.4, 0.5) is 5.69 Å².